The highest BCUT2D eigenvalue weighted by Gasteiger charge is 2.32. The van der Waals surface area contributed by atoms with Crippen molar-refractivity contribution in [1.29, 1.82) is 0 Å². The number of carbonyl (C=O) groups excluding carboxylic acids is 1. The van der Waals surface area contributed by atoms with Gasteiger partial charge >= 0.3 is 0 Å². The molecule has 0 saturated carbocycles. The van der Waals surface area contributed by atoms with E-state index in [0.717, 1.165) is 27.4 Å². The average molecular weight is 308 g/mol. The number of nitrogens with one attached hydrogen (secondary N) is 1. The highest BCUT2D eigenvalue weighted by Crippen LogP contribution is 2.31. The highest BCUT2D eigenvalue weighted by atomic mass is 79.9. The number of ether oxygens (including phenoxy) is 1. The molecule has 1 saturated heterocycles. The van der Waals surface area contributed by atoms with Crippen molar-refractivity contribution in [3.05, 3.63) is 34.4 Å². The number of Topliss-reactive ketones (excluding diaryl/α,β-unsaturated/α-hetero) is 1. The third-order valence-electron chi connectivity index (χ3n) is 3.63. The Bertz CT molecular complexity index is 605. The average Bonchev–Trinajstić information content (AvgIpc) is 2.95. The molecule has 1 aliphatic rings. The molecule has 0 radical (unpaired) electrons. The minimum atomic E-state index is -0.0175. The summed E-state index contributed by atoms with van der Waals surface area (Å²) in [5, 5.41) is 0.974. The maximum atomic E-state index is 12.6. The molecule has 2 aromatic rings. The molecule has 4 heteroatoms. The Morgan fingerprint density at radius 2 is 2.33 bits per heavy atom. The van der Waals surface area contributed by atoms with E-state index >= 15 is 0 Å². The number of ketones is 1. The fraction of sp³-hybridized carbons (Fsp3) is 0.357. The molecule has 1 aromatic carbocycles. The molecule has 2 unspecified atom stereocenters. The van der Waals surface area contributed by atoms with Gasteiger partial charge < -0.3 is 9.72 Å². The number of H-pyrrole nitrogens is 1. The first-order valence-electron chi connectivity index (χ1n) is 6.10. The van der Waals surface area contributed by atoms with Gasteiger partial charge in [-0.25, -0.2) is 0 Å². The van der Waals surface area contributed by atoms with E-state index in [9.17, 15) is 4.79 Å². The summed E-state index contributed by atoms with van der Waals surface area (Å²) in [6.07, 6.45) is 2.64. The second kappa shape index (κ2) is 4.52. The number of carbonyl (C=O) groups is 1. The Kier molecular flexibility index (Phi) is 2.99. The van der Waals surface area contributed by atoms with Crippen LogP contribution in [0.5, 0.6) is 0 Å². The van der Waals surface area contributed by atoms with Gasteiger partial charge in [0.2, 0.25) is 0 Å². The SMILES string of the molecule is CC1OCCC1C(=O)c1c[nH]c2cccc(Br)c12. The summed E-state index contributed by atoms with van der Waals surface area (Å²) in [7, 11) is 0. The standard InChI is InChI=1S/C14H14BrNO2/c1-8-9(5-6-18-8)14(17)10-7-16-12-4-2-3-11(15)13(10)12/h2-4,7-9,16H,5-6H2,1H3. The van der Waals surface area contributed by atoms with Crippen molar-refractivity contribution in [3.8, 4) is 0 Å². The van der Waals surface area contributed by atoms with Crippen LogP contribution in [0.3, 0.4) is 0 Å². The predicted molar refractivity (Wildman–Crippen MR) is 73.9 cm³/mol. The molecule has 0 spiro atoms. The monoisotopic (exact) mass is 307 g/mol. The van der Waals surface area contributed by atoms with Crippen LogP contribution in [0.25, 0.3) is 10.9 Å². The maximum Gasteiger partial charge on any atom is 0.170 e. The second-order valence-corrected chi connectivity index (χ2v) is 5.55. The zero-order valence-corrected chi connectivity index (χ0v) is 11.7. The van der Waals surface area contributed by atoms with Gasteiger partial charge in [-0.15, -0.1) is 0 Å². The molecule has 0 bridgehead atoms. The lowest BCUT2D eigenvalue weighted by atomic mass is 9.92. The maximum absolute atomic E-state index is 12.6. The first-order valence-corrected chi connectivity index (χ1v) is 6.89. The molecule has 1 aromatic heterocycles. The number of benzene rings is 1. The summed E-state index contributed by atoms with van der Waals surface area (Å²) < 4.78 is 6.44. The molecule has 1 aliphatic heterocycles. The van der Waals surface area contributed by atoms with Gasteiger partial charge in [-0.2, -0.15) is 0 Å². The lowest BCUT2D eigenvalue weighted by Crippen LogP contribution is -2.21. The minimum Gasteiger partial charge on any atom is -0.378 e. The lowest BCUT2D eigenvalue weighted by molar-refractivity contribution is 0.0766. The summed E-state index contributed by atoms with van der Waals surface area (Å²) in [6, 6.07) is 5.89. The molecule has 2 heterocycles. The summed E-state index contributed by atoms with van der Waals surface area (Å²) in [5.74, 6) is 0.161. The van der Waals surface area contributed by atoms with Crippen LogP contribution in [0.15, 0.2) is 28.9 Å². The van der Waals surface area contributed by atoms with E-state index in [1.54, 1.807) is 0 Å². The number of aromatic amines is 1. The summed E-state index contributed by atoms with van der Waals surface area (Å²) in [4.78, 5) is 15.7. The van der Waals surface area contributed by atoms with Gasteiger partial charge in [0.15, 0.2) is 5.78 Å². The molecular weight excluding hydrogens is 294 g/mol. The van der Waals surface area contributed by atoms with Crippen LogP contribution in [0.2, 0.25) is 0 Å². The number of halogens is 1. The quantitative estimate of drug-likeness (QED) is 0.862. The lowest BCUT2D eigenvalue weighted by Gasteiger charge is -2.12. The molecule has 94 valence electrons. The van der Waals surface area contributed by atoms with Crippen molar-refractivity contribution in [2.24, 2.45) is 5.92 Å². The van der Waals surface area contributed by atoms with Crippen LogP contribution in [0.1, 0.15) is 23.7 Å². The Labute approximate surface area is 114 Å². The zero-order valence-electron chi connectivity index (χ0n) is 10.1. The largest absolute Gasteiger partial charge is 0.378 e. The highest BCUT2D eigenvalue weighted by molar-refractivity contribution is 9.10. The molecule has 2 atom stereocenters. The molecule has 3 nitrogen and oxygen atoms in total. The van der Waals surface area contributed by atoms with Gasteiger partial charge in [0.05, 0.1) is 12.0 Å². The number of hydrogen-bond donors (Lipinski definition) is 1. The first-order chi connectivity index (χ1) is 8.68. The van der Waals surface area contributed by atoms with Gasteiger partial charge in [0, 0.05) is 33.7 Å². The zero-order chi connectivity index (χ0) is 12.7. The Morgan fingerprint density at radius 1 is 1.50 bits per heavy atom. The molecule has 1 fully saturated rings. The summed E-state index contributed by atoms with van der Waals surface area (Å²) in [6.45, 7) is 2.65. The molecule has 0 aliphatic carbocycles. The Morgan fingerprint density at radius 3 is 3.06 bits per heavy atom. The van der Waals surface area contributed by atoms with Crippen molar-refractivity contribution < 1.29 is 9.53 Å². The van der Waals surface area contributed by atoms with Crippen molar-refractivity contribution in [2.45, 2.75) is 19.4 Å². The van der Waals surface area contributed by atoms with E-state index in [2.05, 4.69) is 20.9 Å². The topological polar surface area (TPSA) is 42.1 Å². The van der Waals surface area contributed by atoms with Gasteiger partial charge in [0.25, 0.3) is 0 Å². The van der Waals surface area contributed by atoms with Crippen LogP contribution in [-0.4, -0.2) is 23.5 Å². The third kappa shape index (κ3) is 1.80. The predicted octanol–water partition coefficient (Wildman–Crippen LogP) is 3.54. The van der Waals surface area contributed by atoms with E-state index in [0.29, 0.717) is 6.61 Å². The van der Waals surface area contributed by atoms with Gasteiger partial charge in [0.1, 0.15) is 0 Å². The molecule has 18 heavy (non-hydrogen) atoms. The van der Waals surface area contributed by atoms with Crippen molar-refractivity contribution in [2.75, 3.05) is 6.61 Å². The molecule has 1 N–H and O–H groups in total. The summed E-state index contributed by atoms with van der Waals surface area (Å²) >= 11 is 3.52. The first kappa shape index (κ1) is 11.9. The Hall–Kier alpha value is -1.13. The number of fused-ring (bicyclic) bond motifs is 1. The second-order valence-electron chi connectivity index (χ2n) is 4.70. The molecule has 3 rings (SSSR count). The summed E-state index contributed by atoms with van der Waals surface area (Å²) in [5.41, 5.74) is 1.75. The normalized spacial score (nSPS) is 23.7. The van der Waals surface area contributed by atoms with Gasteiger partial charge in [-0.1, -0.05) is 22.0 Å². The van der Waals surface area contributed by atoms with Crippen LogP contribution in [-0.2, 0) is 4.74 Å². The number of hydrogen-bond acceptors (Lipinski definition) is 2. The van der Waals surface area contributed by atoms with Gasteiger partial charge in [-0.05, 0) is 25.5 Å². The number of rotatable bonds is 2. The fourth-order valence-electron chi connectivity index (χ4n) is 2.61. The fourth-order valence-corrected chi connectivity index (χ4v) is 3.19. The van der Waals surface area contributed by atoms with Crippen molar-refractivity contribution >= 4 is 32.6 Å². The van der Waals surface area contributed by atoms with Crippen LogP contribution in [0.4, 0.5) is 0 Å². The minimum absolute atomic E-state index is 0.0175. The molecule has 0 amide bonds. The third-order valence-corrected chi connectivity index (χ3v) is 4.29. The van der Waals surface area contributed by atoms with E-state index in [1.165, 1.54) is 0 Å². The van der Waals surface area contributed by atoms with E-state index in [1.807, 2.05) is 31.3 Å². The van der Waals surface area contributed by atoms with Crippen LogP contribution < -0.4 is 0 Å². The van der Waals surface area contributed by atoms with Crippen molar-refractivity contribution in [3.63, 3.8) is 0 Å². The van der Waals surface area contributed by atoms with Crippen LogP contribution >= 0.6 is 15.9 Å². The molecular formula is C14H14BrNO2. The van der Waals surface area contributed by atoms with E-state index < -0.39 is 0 Å². The van der Waals surface area contributed by atoms with E-state index in [4.69, 9.17) is 4.74 Å². The Balaban J connectivity index is 2.07. The van der Waals surface area contributed by atoms with Crippen LogP contribution in [0, 0.1) is 5.92 Å². The van der Waals surface area contributed by atoms with Gasteiger partial charge in [-0.3, -0.25) is 4.79 Å². The number of aromatic nitrogens is 1. The smallest absolute Gasteiger partial charge is 0.170 e. The van der Waals surface area contributed by atoms with Crippen molar-refractivity contribution in [1.82, 2.24) is 4.98 Å². The van der Waals surface area contributed by atoms with E-state index in [-0.39, 0.29) is 17.8 Å².